The fraction of sp³-hybridized carbons (Fsp3) is 0.278. The summed E-state index contributed by atoms with van der Waals surface area (Å²) < 4.78 is 1.76. The molecule has 1 amide bonds. The van der Waals surface area contributed by atoms with Crippen molar-refractivity contribution in [3.63, 3.8) is 0 Å². The predicted octanol–water partition coefficient (Wildman–Crippen LogP) is 3.61. The van der Waals surface area contributed by atoms with Gasteiger partial charge in [0.25, 0.3) is 5.91 Å². The van der Waals surface area contributed by atoms with Crippen LogP contribution in [0.4, 0.5) is 0 Å². The average Bonchev–Trinajstić information content (AvgIpc) is 3.02. The van der Waals surface area contributed by atoms with Gasteiger partial charge < -0.3 is 11.1 Å². The molecule has 3 N–H and O–H groups in total. The summed E-state index contributed by atoms with van der Waals surface area (Å²) in [4.78, 5) is 21.1. The van der Waals surface area contributed by atoms with E-state index >= 15 is 0 Å². The van der Waals surface area contributed by atoms with Crippen LogP contribution in [0.2, 0.25) is 10.0 Å². The van der Waals surface area contributed by atoms with Gasteiger partial charge in [0.2, 0.25) is 5.78 Å². The van der Waals surface area contributed by atoms with E-state index in [1.54, 1.807) is 22.7 Å². The number of benzene rings is 1. The normalized spacial score (nSPS) is 11.1. The molecular weight excluding hydrogens is 373 g/mol. The van der Waals surface area contributed by atoms with Gasteiger partial charge in [0.15, 0.2) is 0 Å². The molecule has 136 valence electrons. The van der Waals surface area contributed by atoms with Crippen molar-refractivity contribution in [3.8, 4) is 11.3 Å². The zero-order valence-electron chi connectivity index (χ0n) is 14.5. The summed E-state index contributed by atoms with van der Waals surface area (Å²) in [7, 11) is 0. The number of aryl methyl sites for hydroxylation is 1. The molecule has 0 bridgehead atoms. The summed E-state index contributed by atoms with van der Waals surface area (Å²) >= 11 is 12.5. The maximum atomic E-state index is 12.3. The number of nitrogens with two attached hydrogens (primary N) is 1. The molecule has 0 unspecified atom stereocenters. The van der Waals surface area contributed by atoms with E-state index in [1.165, 1.54) is 0 Å². The lowest BCUT2D eigenvalue weighted by Crippen LogP contribution is -2.24. The quantitative estimate of drug-likeness (QED) is 0.695. The SMILES string of the molecule is CCCNC(=O)c1cn2c(-c3ccc(Cl)cc3Cl)c(CN)c(C)nc2n1. The van der Waals surface area contributed by atoms with E-state index < -0.39 is 0 Å². The highest BCUT2D eigenvalue weighted by molar-refractivity contribution is 6.36. The number of imidazole rings is 1. The lowest BCUT2D eigenvalue weighted by atomic mass is 10.0. The largest absolute Gasteiger partial charge is 0.351 e. The van der Waals surface area contributed by atoms with Crippen molar-refractivity contribution < 1.29 is 4.79 Å². The smallest absolute Gasteiger partial charge is 0.271 e. The van der Waals surface area contributed by atoms with E-state index in [2.05, 4.69) is 15.3 Å². The predicted molar refractivity (Wildman–Crippen MR) is 104 cm³/mol. The molecule has 8 heteroatoms. The third kappa shape index (κ3) is 3.40. The van der Waals surface area contributed by atoms with Crippen molar-refractivity contribution >= 4 is 34.9 Å². The molecule has 0 radical (unpaired) electrons. The Kier molecular flexibility index (Phi) is 5.46. The second-order valence-corrected chi connectivity index (χ2v) is 6.75. The Hall–Kier alpha value is -2.15. The standard InChI is InChI=1S/C18H19Cl2N5O/c1-3-6-22-17(26)15-9-25-16(12-5-4-11(19)7-14(12)20)13(8-21)10(2)23-18(25)24-15/h4-5,7,9H,3,6,8,21H2,1-2H3,(H,22,26). The number of halogens is 2. The Bertz CT molecular complexity index is 983. The number of nitrogens with one attached hydrogen (secondary N) is 1. The summed E-state index contributed by atoms with van der Waals surface area (Å²) in [5.74, 6) is 0.180. The molecule has 6 nitrogen and oxygen atoms in total. The molecule has 1 aromatic carbocycles. The summed E-state index contributed by atoms with van der Waals surface area (Å²) in [6.07, 6.45) is 2.51. The molecular formula is C18H19Cl2N5O. The lowest BCUT2D eigenvalue weighted by molar-refractivity contribution is 0.0949. The van der Waals surface area contributed by atoms with Crippen LogP contribution in [0.25, 0.3) is 17.0 Å². The third-order valence-electron chi connectivity index (χ3n) is 4.08. The van der Waals surface area contributed by atoms with Gasteiger partial charge in [0, 0.05) is 41.1 Å². The number of hydrogen-bond acceptors (Lipinski definition) is 4. The Morgan fingerprint density at radius 3 is 2.73 bits per heavy atom. The molecule has 0 aliphatic heterocycles. The first kappa shape index (κ1) is 18.6. The van der Waals surface area contributed by atoms with Gasteiger partial charge in [0.05, 0.1) is 10.7 Å². The van der Waals surface area contributed by atoms with Crippen LogP contribution < -0.4 is 11.1 Å². The van der Waals surface area contributed by atoms with E-state index in [4.69, 9.17) is 28.9 Å². The van der Waals surface area contributed by atoms with E-state index in [-0.39, 0.29) is 12.5 Å². The molecule has 2 heterocycles. The summed E-state index contributed by atoms with van der Waals surface area (Å²) in [5, 5.41) is 3.85. The second-order valence-electron chi connectivity index (χ2n) is 5.90. The molecule has 3 rings (SSSR count). The maximum Gasteiger partial charge on any atom is 0.271 e. The lowest BCUT2D eigenvalue weighted by Gasteiger charge is -2.14. The maximum absolute atomic E-state index is 12.3. The van der Waals surface area contributed by atoms with E-state index in [0.717, 1.165) is 28.9 Å². The van der Waals surface area contributed by atoms with Crippen LogP contribution in [0.3, 0.4) is 0 Å². The topological polar surface area (TPSA) is 85.3 Å². The van der Waals surface area contributed by atoms with Crippen LogP contribution >= 0.6 is 23.2 Å². The second kappa shape index (κ2) is 7.61. The first-order chi connectivity index (χ1) is 12.5. The Balaban J connectivity index is 2.25. The van der Waals surface area contributed by atoms with Gasteiger partial charge in [-0.3, -0.25) is 9.20 Å². The van der Waals surface area contributed by atoms with Gasteiger partial charge in [0.1, 0.15) is 5.69 Å². The molecule has 0 fully saturated rings. The number of fused-ring (bicyclic) bond motifs is 1. The molecule has 2 aromatic heterocycles. The monoisotopic (exact) mass is 391 g/mol. The van der Waals surface area contributed by atoms with Crippen LogP contribution in [-0.2, 0) is 6.54 Å². The zero-order valence-corrected chi connectivity index (χ0v) is 16.0. The minimum atomic E-state index is -0.238. The van der Waals surface area contributed by atoms with Crippen molar-refractivity contribution in [2.24, 2.45) is 5.73 Å². The molecule has 0 atom stereocenters. The molecule has 0 aliphatic carbocycles. The van der Waals surface area contributed by atoms with Gasteiger partial charge >= 0.3 is 0 Å². The highest BCUT2D eigenvalue weighted by Gasteiger charge is 2.19. The fourth-order valence-electron chi connectivity index (χ4n) is 2.80. The van der Waals surface area contributed by atoms with E-state index in [0.29, 0.717) is 28.1 Å². The molecule has 26 heavy (non-hydrogen) atoms. The van der Waals surface area contributed by atoms with Crippen LogP contribution in [0.5, 0.6) is 0 Å². The number of aromatic nitrogens is 3. The van der Waals surface area contributed by atoms with Crippen molar-refractivity contribution in [1.82, 2.24) is 19.7 Å². The Morgan fingerprint density at radius 2 is 2.08 bits per heavy atom. The number of amides is 1. The van der Waals surface area contributed by atoms with Crippen LogP contribution in [0, 0.1) is 6.92 Å². The van der Waals surface area contributed by atoms with Crippen LogP contribution in [-0.4, -0.2) is 26.8 Å². The molecule has 0 spiro atoms. The van der Waals surface area contributed by atoms with Gasteiger partial charge in [-0.15, -0.1) is 0 Å². The highest BCUT2D eigenvalue weighted by Crippen LogP contribution is 2.33. The highest BCUT2D eigenvalue weighted by atomic mass is 35.5. The average molecular weight is 392 g/mol. The molecule has 0 saturated heterocycles. The Morgan fingerprint density at radius 1 is 1.31 bits per heavy atom. The number of hydrogen-bond donors (Lipinski definition) is 2. The number of rotatable bonds is 5. The van der Waals surface area contributed by atoms with Crippen molar-refractivity contribution in [2.75, 3.05) is 6.54 Å². The number of carbonyl (C=O) groups is 1. The first-order valence-corrected chi connectivity index (χ1v) is 9.04. The van der Waals surface area contributed by atoms with Crippen LogP contribution in [0.1, 0.15) is 35.1 Å². The molecule has 0 saturated carbocycles. The fourth-order valence-corrected chi connectivity index (χ4v) is 3.30. The van der Waals surface area contributed by atoms with Gasteiger partial charge in [-0.2, -0.15) is 0 Å². The zero-order chi connectivity index (χ0) is 18.8. The van der Waals surface area contributed by atoms with E-state index in [1.807, 2.05) is 19.9 Å². The minimum absolute atomic E-state index is 0.238. The van der Waals surface area contributed by atoms with Gasteiger partial charge in [-0.25, -0.2) is 9.97 Å². The number of nitrogens with zero attached hydrogens (tertiary/aromatic N) is 3. The first-order valence-electron chi connectivity index (χ1n) is 8.28. The van der Waals surface area contributed by atoms with Crippen LogP contribution in [0.15, 0.2) is 24.4 Å². The van der Waals surface area contributed by atoms with E-state index in [9.17, 15) is 4.79 Å². The summed E-state index contributed by atoms with van der Waals surface area (Å²) in [6.45, 7) is 4.71. The van der Waals surface area contributed by atoms with Gasteiger partial charge in [-0.1, -0.05) is 30.1 Å². The van der Waals surface area contributed by atoms with Crippen molar-refractivity contribution in [3.05, 3.63) is 51.4 Å². The van der Waals surface area contributed by atoms with Crippen molar-refractivity contribution in [1.29, 1.82) is 0 Å². The Labute approximate surface area is 161 Å². The summed E-state index contributed by atoms with van der Waals surface area (Å²) in [5.41, 5.74) is 9.36. The summed E-state index contributed by atoms with van der Waals surface area (Å²) in [6, 6.07) is 5.26. The van der Waals surface area contributed by atoms with Gasteiger partial charge in [-0.05, 0) is 31.5 Å². The van der Waals surface area contributed by atoms with Crippen molar-refractivity contribution in [2.45, 2.75) is 26.8 Å². The third-order valence-corrected chi connectivity index (χ3v) is 4.62. The molecule has 3 aromatic rings. The molecule has 0 aliphatic rings. The number of carbonyl (C=O) groups excluding carboxylic acids is 1. The minimum Gasteiger partial charge on any atom is -0.351 e.